The quantitative estimate of drug-likeness (QED) is 0.807. The van der Waals surface area contributed by atoms with Gasteiger partial charge in [0.1, 0.15) is 5.75 Å². The minimum Gasteiger partial charge on any atom is -0.496 e. The monoisotopic (exact) mass is 271 g/mol. The zero-order valence-electron chi connectivity index (χ0n) is 10.8. The van der Waals surface area contributed by atoms with Gasteiger partial charge in [-0.3, -0.25) is 9.69 Å². The van der Waals surface area contributed by atoms with E-state index in [-0.39, 0.29) is 11.9 Å². The van der Waals surface area contributed by atoms with Crippen molar-refractivity contribution < 1.29 is 14.6 Å². The molecule has 0 radical (unpaired) electrons. The van der Waals surface area contributed by atoms with E-state index < -0.39 is 5.97 Å². The molecule has 1 unspecified atom stereocenters. The fourth-order valence-corrected chi connectivity index (χ4v) is 2.17. The number of carboxylic acids is 1. The third-order valence-electron chi connectivity index (χ3n) is 2.60. The molecule has 5 heteroatoms. The van der Waals surface area contributed by atoms with E-state index in [0.717, 1.165) is 16.9 Å². The molecule has 1 aromatic carbocycles. The van der Waals surface area contributed by atoms with Gasteiger partial charge < -0.3 is 9.84 Å². The third kappa shape index (κ3) is 4.20. The van der Waals surface area contributed by atoms with Crippen molar-refractivity contribution in [2.75, 3.05) is 27.2 Å². The highest BCUT2D eigenvalue weighted by atomic mass is 35.5. The molecule has 1 rings (SSSR count). The van der Waals surface area contributed by atoms with Crippen molar-refractivity contribution in [3.63, 3.8) is 0 Å². The van der Waals surface area contributed by atoms with Crippen LogP contribution < -0.4 is 4.74 Å². The lowest BCUT2D eigenvalue weighted by molar-refractivity contribution is -0.137. The highest BCUT2D eigenvalue weighted by molar-refractivity contribution is 6.21. The number of nitrogens with zero attached hydrogens (tertiary/aromatic N) is 1. The third-order valence-corrected chi connectivity index (χ3v) is 2.97. The van der Waals surface area contributed by atoms with Crippen LogP contribution >= 0.6 is 11.6 Å². The van der Waals surface area contributed by atoms with Crippen molar-refractivity contribution in [3.8, 4) is 5.75 Å². The normalized spacial score (nSPS) is 12.5. The summed E-state index contributed by atoms with van der Waals surface area (Å²) < 4.78 is 5.26. The van der Waals surface area contributed by atoms with E-state index in [1.165, 1.54) is 0 Å². The second-order valence-corrected chi connectivity index (χ2v) is 4.83. The van der Waals surface area contributed by atoms with Gasteiger partial charge >= 0.3 is 5.97 Å². The SMILES string of the molecule is COc1ccc(C)cc1C(Cl)CN(C)CC(=O)O. The van der Waals surface area contributed by atoms with Gasteiger partial charge in [0.05, 0.1) is 19.0 Å². The number of hydrogen-bond acceptors (Lipinski definition) is 3. The van der Waals surface area contributed by atoms with Crippen molar-refractivity contribution in [1.82, 2.24) is 4.90 Å². The number of likely N-dealkylation sites (N-methyl/N-ethyl adjacent to an activating group) is 1. The molecule has 4 nitrogen and oxygen atoms in total. The minimum absolute atomic E-state index is 0.0304. The molecule has 0 aromatic heterocycles. The van der Waals surface area contributed by atoms with Crippen LogP contribution in [0.4, 0.5) is 0 Å². The molecule has 0 aliphatic heterocycles. The van der Waals surface area contributed by atoms with Crippen LogP contribution in [0.25, 0.3) is 0 Å². The average Bonchev–Trinajstić information content (AvgIpc) is 2.27. The summed E-state index contributed by atoms with van der Waals surface area (Å²) in [6.07, 6.45) is 0. The summed E-state index contributed by atoms with van der Waals surface area (Å²) in [5, 5.41) is 8.40. The van der Waals surface area contributed by atoms with Gasteiger partial charge in [-0.1, -0.05) is 17.7 Å². The van der Waals surface area contributed by atoms with Gasteiger partial charge in [0.2, 0.25) is 0 Å². The summed E-state index contributed by atoms with van der Waals surface area (Å²) in [6.45, 7) is 2.40. The molecule has 0 bridgehead atoms. The molecule has 0 heterocycles. The predicted molar refractivity (Wildman–Crippen MR) is 71.5 cm³/mol. The molecular formula is C13H18ClNO3. The lowest BCUT2D eigenvalue weighted by Crippen LogP contribution is -2.28. The van der Waals surface area contributed by atoms with Crippen molar-refractivity contribution in [3.05, 3.63) is 29.3 Å². The first-order chi connectivity index (χ1) is 8.43. The first-order valence-corrected chi connectivity index (χ1v) is 6.06. The van der Waals surface area contributed by atoms with E-state index in [0.29, 0.717) is 6.54 Å². The lowest BCUT2D eigenvalue weighted by atomic mass is 10.1. The maximum absolute atomic E-state index is 10.6. The Morgan fingerprint density at radius 1 is 1.56 bits per heavy atom. The molecule has 0 saturated heterocycles. The number of carboxylic acid groups (broad SMARTS) is 1. The fraction of sp³-hybridized carbons (Fsp3) is 0.462. The minimum atomic E-state index is -0.863. The van der Waals surface area contributed by atoms with E-state index in [9.17, 15) is 4.79 Å². The van der Waals surface area contributed by atoms with Crippen molar-refractivity contribution in [2.24, 2.45) is 0 Å². The summed E-state index contributed by atoms with van der Waals surface area (Å²) in [4.78, 5) is 12.3. The zero-order chi connectivity index (χ0) is 13.7. The van der Waals surface area contributed by atoms with Crippen LogP contribution in [0.1, 0.15) is 16.5 Å². The van der Waals surface area contributed by atoms with Gasteiger partial charge in [-0.15, -0.1) is 11.6 Å². The highest BCUT2D eigenvalue weighted by Gasteiger charge is 2.17. The number of hydrogen-bond donors (Lipinski definition) is 1. The van der Waals surface area contributed by atoms with Crippen LogP contribution in [0, 0.1) is 6.92 Å². The summed E-state index contributed by atoms with van der Waals surface area (Å²) in [5.74, 6) is -0.137. The maximum atomic E-state index is 10.6. The Morgan fingerprint density at radius 2 is 2.22 bits per heavy atom. The lowest BCUT2D eigenvalue weighted by Gasteiger charge is -2.20. The number of rotatable bonds is 6. The molecule has 0 aliphatic rings. The van der Waals surface area contributed by atoms with Crippen molar-refractivity contribution >= 4 is 17.6 Å². The van der Waals surface area contributed by atoms with Crippen LogP contribution in [-0.4, -0.2) is 43.2 Å². The zero-order valence-corrected chi connectivity index (χ0v) is 11.6. The van der Waals surface area contributed by atoms with Crippen LogP contribution in [0.2, 0.25) is 0 Å². The number of methoxy groups -OCH3 is 1. The molecule has 1 N–H and O–H groups in total. The first-order valence-electron chi connectivity index (χ1n) is 5.63. The molecule has 1 atom stereocenters. The Balaban J connectivity index is 2.79. The number of alkyl halides is 1. The van der Waals surface area contributed by atoms with E-state index in [1.54, 1.807) is 19.1 Å². The molecule has 1 aromatic rings. The van der Waals surface area contributed by atoms with E-state index in [2.05, 4.69) is 0 Å². The summed E-state index contributed by atoms with van der Waals surface area (Å²) in [5.41, 5.74) is 1.98. The smallest absolute Gasteiger partial charge is 0.317 e. The molecular weight excluding hydrogens is 254 g/mol. The van der Waals surface area contributed by atoms with Gasteiger partial charge in [-0.2, -0.15) is 0 Å². The molecule has 0 aliphatic carbocycles. The van der Waals surface area contributed by atoms with E-state index in [1.807, 2.05) is 25.1 Å². The van der Waals surface area contributed by atoms with Crippen molar-refractivity contribution in [2.45, 2.75) is 12.3 Å². The Kier molecular flexibility index (Phi) is 5.44. The number of carbonyl (C=O) groups is 1. The molecule has 0 spiro atoms. The van der Waals surface area contributed by atoms with Crippen LogP contribution in [0.3, 0.4) is 0 Å². The summed E-state index contributed by atoms with van der Waals surface area (Å²) in [7, 11) is 3.32. The summed E-state index contributed by atoms with van der Waals surface area (Å²) >= 11 is 6.33. The Morgan fingerprint density at radius 3 is 2.78 bits per heavy atom. The number of aryl methyl sites for hydroxylation is 1. The van der Waals surface area contributed by atoms with Crippen molar-refractivity contribution in [1.29, 1.82) is 0 Å². The van der Waals surface area contributed by atoms with Gasteiger partial charge in [0, 0.05) is 12.1 Å². The second kappa shape index (κ2) is 6.61. The maximum Gasteiger partial charge on any atom is 0.317 e. The largest absolute Gasteiger partial charge is 0.496 e. The average molecular weight is 272 g/mol. The number of halogens is 1. The molecule has 0 fully saturated rings. The standard InChI is InChI=1S/C13H18ClNO3/c1-9-4-5-12(18-3)10(6-9)11(14)7-15(2)8-13(16)17/h4-6,11H,7-8H2,1-3H3,(H,16,17). The molecule has 0 amide bonds. The highest BCUT2D eigenvalue weighted by Crippen LogP contribution is 2.30. The molecule has 100 valence electrons. The van der Waals surface area contributed by atoms with Gasteiger partial charge in [-0.25, -0.2) is 0 Å². The van der Waals surface area contributed by atoms with E-state index >= 15 is 0 Å². The number of benzene rings is 1. The van der Waals surface area contributed by atoms with Crippen LogP contribution in [0.15, 0.2) is 18.2 Å². The van der Waals surface area contributed by atoms with Gasteiger partial charge in [-0.05, 0) is 20.0 Å². The Bertz CT molecular complexity index is 423. The molecule has 0 saturated carbocycles. The topological polar surface area (TPSA) is 49.8 Å². The van der Waals surface area contributed by atoms with Crippen LogP contribution in [0.5, 0.6) is 5.75 Å². The molecule has 18 heavy (non-hydrogen) atoms. The number of ether oxygens (including phenoxy) is 1. The number of aliphatic carboxylic acids is 1. The Hall–Kier alpha value is -1.26. The fourth-order valence-electron chi connectivity index (χ4n) is 1.77. The van der Waals surface area contributed by atoms with Gasteiger partial charge in [0.25, 0.3) is 0 Å². The predicted octanol–water partition coefficient (Wildman–Crippen LogP) is 2.30. The summed E-state index contributed by atoms with van der Waals surface area (Å²) in [6, 6.07) is 5.79. The Labute approximate surface area is 112 Å². The van der Waals surface area contributed by atoms with E-state index in [4.69, 9.17) is 21.4 Å². The second-order valence-electron chi connectivity index (χ2n) is 4.30. The first kappa shape index (κ1) is 14.8. The van der Waals surface area contributed by atoms with Gasteiger partial charge in [0.15, 0.2) is 0 Å². The van der Waals surface area contributed by atoms with Crippen LogP contribution in [-0.2, 0) is 4.79 Å².